The smallest absolute Gasteiger partial charge is 0.239 e. The van der Waals surface area contributed by atoms with E-state index in [-0.39, 0.29) is 5.75 Å². The van der Waals surface area contributed by atoms with Crippen molar-refractivity contribution in [2.75, 3.05) is 11.1 Å². The number of benzene rings is 2. The fraction of sp³-hybridized carbons (Fsp3) is 0.316. The molecule has 0 atom stereocenters. The van der Waals surface area contributed by atoms with Crippen LogP contribution in [0.5, 0.6) is 0 Å². The third-order valence-corrected chi connectivity index (χ3v) is 5.34. The lowest BCUT2D eigenvalue weighted by Crippen LogP contribution is -2.24. The molecule has 0 unspecified atom stereocenters. The number of sulfone groups is 1. The molecule has 2 aromatic carbocycles. The van der Waals surface area contributed by atoms with E-state index in [0.29, 0.717) is 5.56 Å². The summed E-state index contributed by atoms with van der Waals surface area (Å²) < 4.78 is 24.5. The maximum absolute atomic E-state index is 12.3. The van der Waals surface area contributed by atoms with Crippen LogP contribution in [0, 0.1) is 13.8 Å². The molecule has 1 N–H and O–H groups in total. The summed E-state index contributed by atoms with van der Waals surface area (Å²) in [5.74, 6) is -1.14. The Morgan fingerprint density at radius 3 is 2.33 bits per heavy atom. The molecule has 0 heterocycles. The molecule has 0 bridgehead atoms. The molecule has 0 saturated heterocycles. The van der Waals surface area contributed by atoms with E-state index in [9.17, 15) is 13.2 Å². The summed E-state index contributed by atoms with van der Waals surface area (Å²) in [4.78, 5) is 12.2. The quantitative estimate of drug-likeness (QED) is 0.872. The second-order valence-corrected chi connectivity index (χ2v) is 8.09. The molecule has 0 spiro atoms. The van der Waals surface area contributed by atoms with Crippen LogP contribution in [0.25, 0.3) is 0 Å². The zero-order chi connectivity index (χ0) is 17.7. The first-order chi connectivity index (χ1) is 11.3. The second-order valence-electron chi connectivity index (χ2n) is 6.03. The van der Waals surface area contributed by atoms with Crippen LogP contribution >= 0.6 is 0 Å². The third-order valence-electron chi connectivity index (χ3n) is 3.86. The molecule has 0 radical (unpaired) electrons. The van der Waals surface area contributed by atoms with Gasteiger partial charge in [0.2, 0.25) is 5.91 Å². The lowest BCUT2D eigenvalue weighted by molar-refractivity contribution is -0.113. The normalized spacial score (nSPS) is 11.3. The highest BCUT2D eigenvalue weighted by Crippen LogP contribution is 2.21. The second kappa shape index (κ2) is 7.62. The van der Waals surface area contributed by atoms with E-state index in [4.69, 9.17) is 0 Å². The van der Waals surface area contributed by atoms with E-state index < -0.39 is 21.5 Å². The lowest BCUT2D eigenvalue weighted by atomic mass is 10.1. The molecule has 2 rings (SSSR count). The van der Waals surface area contributed by atoms with Crippen molar-refractivity contribution in [2.45, 2.75) is 32.9 Å². The van der Waals surface area contributed by atoms with E-state index >= 15 is 0 Å². The van der Waals surface area contributed by atoms with Gasteiger partial charge in [0.1, 0.15) is 5.75 Å². The van der Waals surface area contributed by atoms with Gasteiger partial charge in [-0.1, -0.05) is 55.0 Å². The monoisotopic (exact) mass is 345 g/mol. The van der Waals surface area contributed by atoms with E-state index in [0.717, 1.165) is 28.8 Å². The SMILES string of the molecule is CCc1cccc(C)c1NC(=O)CS(=O)(=O)Cc1ccc(C)cc1. The van der Waals surface area contributed by atoms with Gasteiger partial charge in [-0.2, -0.15) is 0 Å². The van der Waals surface area contributed by atoms with E-state index in [1.165, 1.54) is 0 Å². The Hall–Kier alpha value is -2.14. The van der Waals surface area contributed by atoms with Crippen LogP contribution in [0.3, 0.4) is 0 Å². The molecular weight excluding hydrogens is 322 g/mol. The Morgan fingerprint density at radius 2 is 1.71 bits per heavy atom. The van der Waals surface area contributed by atoms with E-state index in [1.54, 1.807) is 12.1 Å². The zero-order valence-electron chi connectivity index (χ0n) is 14.3. The Morgan fingerprint density at radius 1 is 1.04 bits per heavy atom. The standard InChI is InChI=1S/C19H23NO3S/c1-4-17-7-5-6-15(3)19(17)20-18(21)13-24(22,23)12-16-10-8-14(2)9-11-16/h5-11H,4,12-13H2,1-3H3,(H,20,21). The molecule has 0 saturated carbocycles. The minimum Gasteiger partial charge on any atom is -0.325 e. The van der Waals surface area contributed by atoms with Crippen molar-refractivity contribution in [3.63, 3.8) is 0 Å². The van der Waals surface area contributed by atoms with Crippen LogP contribution in [-0.4, -0.2) is 20.1 Å². The van der Waals surface area contributed by atoms with Gasteiger partial charge in [0.05, 0.1) is 5.75 Å². The Labute approximate surface area is 143 Å². The largest absolute Gasteiger partial charge is 0.325 e. The number of amides is 1. The average molecular weight is 345 g/mol. The molecule has 2 aromatic rings. The molecule has 0 aliphatic rings. The zero-order valence-corrected chi connectivity index (χ0v) is 15.1. The summed E-state index contributed by atoms with van der Waals surface area (Å²) in [6.45, 7) is 5.84. The van der Waals surface area contributed by atoms with Crippen LogP contribution in [-0.2, 0) is 26.8 Å². The highest BCUT2D eigenvalue weighted by Gasteiger charge is 2.18. The number of hydrogen-bond donors (Lipinski definition) is 1. The number of nitrogens with one attached hydrogen (secondary N) is 1. The van der Waals surface area contributed by atoms with Crippen molar-refractivity contribution >= 4 is 21.4 Å². The molecule has 0 aromatic heterocycles. The maximum atomic E-state index is 12.3. The van der Waals surface area contributed by atoms with Crippen LogP contribution in [0.15, 0.2) is 42.5 Å². The van der Waals surface area contributed by atoms with Gasteiger partial charge < -0.3 is 5.32 Å². The van der Waals surface area contributed by atoms with Gasteiger partial charge in [-0.3, -0.25) is 4.79 Å². The van der Waals surface area contributed by atoms with Gasteiger partial charge in [0, 0.05) is 5.69 Å². The highest BCUT2D eigenvalue weighted by molar-refractivity contribution is 7.91. The van der Waals surface area contributed by atoms with Crippen LogP contribution in [0.1, 0.15) is 29.2 Å². The molecule has 4 nitrogen and oxygen atoms in total. The van der Waals surface area contributed by atoms with Gasteiger partial charge >= 0.3 is 0 Å². The Kier molecular flexibility index (Phi) is 5.78. The number of para-hydroxylation sites is 1. The summed E-state index contributed by atoms with van der Waals surface area (Å²) in [6, 6.07) is 13.1. The van der Waals surface area contributed by atoms with Crippen LogP contribution in [0.4, 0.5) is 5.69 Å². The summed E-state index contributed by atoms with van der Waals surface area (Å²) >= 11 is 0. The molecule has 24 heavy (non-hydrogen) atoms. The number of rotatable bonds is 6. The van der Waals surface area contributed by atoms with Crippen molar-refractivity contribution in [2.24, 2.45) is 0 Å². The van der Waals surface area contributed by atoms with Gasteiger partial charge in [-0.05, 0) is 37.0 Å². The maximum Gasteiger partial charge on any atom is 0.239 e. The predicted octanol–water partition coefficient (Wildman–Crippen LogP) is 3.42. The van der Waals surface area contributed by atoms with Crippen LogP contribution in [0.2, 0.25) is 0 Å². The molecular formula is C19H23NO3S. The van der Waals surface area contributed by atoms with E-state index in [2.05, 4.69) is 5.32 Å². The molecule has 128 valence electrons. The average Bonchev–Trinajstić information content (AvgIpc) is 2.50. The van der Waals surface area contributed by atoms with Gasteiger partial charge in [0.15, 0.2) is 9.84 Å². The number of aryl methyl sites for hydroxylation is 3. The lowest BCUT2D eigenvalue weighted by Gasteiger charge is -2.13. The van der Waals surface area contributed by atoms with E-state index in [1.807, 2.05) is 51.1 Å². The topological polar surface area (TPSA) is 63.2 Å². The fourth-order valence-corrected chi connectivity index (χ4v) is 3.84. The summed E-state index contributed by atoms with van der Waals surface area (Å²) in [7, 11) is -3.51. The summed E-state index contributed by atoms with van der Waals surface area (Å²) in [5.41, 5.74) is 4.41. The molecule has 0 fully saturated rings. The van der Waals surface area contributed by atoms with Crippen molar-refractivity contribution in [3.05, 3.63) is 64.7 Å². The number of hydrogen-bond acceptors (Lipinski definition) is 3. The van der Waals surface area contributed by atoms with Crippen LogP contribution < -0.4 is 5.32 Å². The highest BCUT2D eigenvalue weighted by atomic mass is 32.2. The summed E-state index contributed by atoms with van der Waals surface area (Å²) in [6.07, 6.45) is 0.771. The van der Waals surface area contributed by atoms with Gasteiger partial charge in [-0.15, -0.1) is 0 Å². The number of anilines is 1. The van der Waals surface area contributed by atoms with Crippen molar-refractivity contribution in [1.29, 1.82) is 0 Å². The van der Waals surface area contributed by atoms with Crippen molar-refractivity contribution in [1.82, 2.24) is 0 Å². The van der Waals surface area contributed by atoms with Crippen molar-refractivity contribution in [3.8, 4) is 0 Å². The first kappa shape index (κ1) is 18.2. The fourth-order valence-electron chi connectivity index (χ4n) is 2.57. The van der Waals surface area contributed by atoms with Crippen molar-refractivity contribution < 1.29 is 13.2 Å². The van der Waals surface area contributed by atoms with Gasteiger partial charge in [-0.25, -0.2) is 8.42 Å². The first-order valence-corrected chi connectivity index (χ1v) is 9.77. The predicted molar refractivity (Wildman–Crippen MR) is 97.9 cm³/mol. The number of carbonyl (C=O) groups excluding carboxylic acids is 1. The minimum absolute atomic E-state index is 0.130. The third kappa shape index (κ3) is 4.93. The molecule has 5 heteroatoms. The summed E-state index contributed by atoms with van der Waals surface area (Å²) in [5, 5.41) is 2.76. The number of carbonyl (C=O) groups is 1. The Balaban J connectivity index is 2.07. The van der Waals surface area contributed by atoms with Gasteiger partial charge in [0.25, 0.3) is 0 Å². The molecule has 0 aliphatic carbocycles. The molecule has 0 aliphatic heterocycles. The molecule has 1 amide bonds. The first-order valence-electron chi connectivity index (χ1n) is 7.95. The minimum atomic E-state index is -3.51. The Bertz CT molecular complexity index is 824.